The molecule has 2 aromatic carbocycles. The van der Waals surface area contributed by atoms with E-state index in [4.69, 9.17) is 9.47 Å². The Hall–Kier alpha value is -2.67. The molecular formula is C26H30O6. The maximum absolute atomic E-state index is 11.3. The number of benzene rings is 2. The predicted octanol–water partition coefficient (Wildman–Crippen LogP) is 3.64. The molecule has 6 atom stereocenters. The van der Waals surface area contributed by atoms with Gasteiger partial charge in [-0.25, -0.2) is 4.79 Å². The molecule has 0 spiro atoms. The molecule has 0 aromatic heterocycles. The van der Waals surface area contributed by atoms with Crippen molar-refractivity contribution in [1.82, 2.24) is 0 Å². The smallest absolute Gasteiger partial charge is 0.335 e. The molecule has 32 heavy (non-hydrogen) atoms. The van der Waals surface area contributed by atoms with Crippen LogP contribution in [-0.2, 0) is 4.74 Å². The van der Waals surface area contributed by atoms with E-state index in [1.165, 1.54) is 0 Å². The van der Waals surface area contributed by atoms with Gasteiger partial charge in [-0.3, -0.25) is 0 Å². The summed E-state index contributed by atoms with van der Waals surface area (Å²) in [4.78, 5) is 11.3. The van der Waals surface area contributed by atoms with Gasteiger partial charge in [0.2, 0.25) is 0 Å². The van der Waals surface area contributed by atoms with Crippen molar-refractivity contribution in [3.63, 3.8) is 0 Å². The molecule has 0 radical (unpaired) electrons. The van der Waals surface area contributed by atoms with Crippen molar-refractivity contribution in [1.29, 1.82) is 0 Å². The van der Waals surface area contributed by atoms with Crippen LogP contribution in [0.5, 0.6) is 5.75 Å². The third kappa shape index (κ3) is 5.38. The van der Waals surface area contributed by atoms with Gasteiger partial charge in [0, 0.05) is 18.3 Å². The number of aliphatic hydroxyl groups excluding tert-OH is 2. The standard InChI is InChI=1S/C26H30O6/c27-20(16-31-21-7-2-1-3-8-21)10-12-22-23-11-9-19(15-32-25(23)14-24(22)28)17-5-4-6-18(13-17)26(29)30/h1-8,10,12-13,19-20,22-25,27-28H,9,11,14-16H2,(H,29,30)/b12-10+/t19-,20-,22-,23-,24-,25+/m1/s1. The minimum atomic E-state index is -0.929. The van der Waals surface area contributed by atoms with Crippen LogP contribution in [0, 0.1) is 11.8 Å². The number of carboxylic acids is 1. The number of aromatic carboxylic acids is 1. The molecule has 1 saturated carbocycles. The lowest BCUT2D eigenvalue weighted by molar-refractivity contribution is 0.0286. The van der Waals surface area contributed by atoms with E-state index in [1.54, 1.807) is 24.3 Å². The van der Waals surface area contributed by atoms with Crippen molar-refractivity contribution < 1.29 is 29.6 Å². The third-order valence-corrected chi connectivity index (χ3v) is 6.57. The van der Waals surface area contributed by atoms with Crippen LogP contribution in [-0.4, -0.2) is 52.8 Å². The first-order chi connectivity index (χ1) is 15.5. The maximum atomic E-state index is 11.3. The van der Waals surface area contributed by atoms with Gasteiger partial charge in [0.25, 0.3) is 0 Å². The van der Waals surface area contributed by atoms with E-state index in [-0.39, 0.29) is 36.0 Å². The molecule has 6 heteroatoms. The molecule has 0 amide bonds. The molecule has 1 aliphatic carbocycles. The summed E-state index contributed by atoms with van der Waals surface area (Å²) in [5.41, 5.74) is 1.26. The van der Waals surface area contributed by atoms with E-state index in [0.29, 0.717) is 18.8 Å². The highest BCUT2D eigenvalue weighted by atomic mass is 16.5. The van der Waals surface area contributed by atoms with E-state index >= 15 is 0 Å². The van der Waals surface area contributed by atoms with E-state index in [2.05, 4.69) is 0 Å². The summed E-state index contributed by atoms with van der Waals surface area (Å²) in [7, 11) is 0. The molecule has 4 rings (SSSR count). The molecule has 2 aliphatic rings. The number of aliphatic hydroxyl groups is 2. The molecule has 1 aliphatic heterocycles. The van der Waals surface area contributed by atoms with Crippen LogP contribution >= 0.6 is 0 Å². The summed E-state index contributed by atoms with van der Waals surface area (Å²) in [6.45, 7) is 0.664. The summed E-state index contributed by atoms with van der Waals surface area (Å²) in [6, 6.07) is 16.4. The second kappa shape index (κ2) is 10.3. The van der Waals surface area contributed by atoms with Crippen LogP contribution in [0.1, 0.15) is 41.1 Å². The van der Waals surface area contributed by atoms with Gasteiger partial charge in [0.05, 0.1) is 24.4 Å². The second-order valence-corrected chi connectivity index (χ2v) is 8.70. The summed E-state index contributed by atoms with van der Waals surface area (Å²) in [5.74, 6) is -0.0179. The lowest BCUT2D eigenvalue weighted by Gasteiger charge is -2.21. The number of fused-ring (bicyclic) bond motifs is 1. The summed E-state index contributed by atoms with van der Waals surface area (Å²) >= 11 is 0. The monoisotopic (exact) mass is 438 g/mol. The van der Waals surface area contributed by atoms with Gasteiger partial charge >= 0.3 is 5.97 Å². The second-order valence-electron chi connectivity index (χ2n) is 8.70. The molecule has 0 bridgehead atoms. The average Bonchev–Trinajstić information content (AvgIpc) is 2.96. The van der Waals surface area contributed by atoms with Crippen LogP contribution < -0.4 is 4.74 Å². The highest BCUT2D eigenvalue weighted by Crippen LogP contribution is 2.43. The van der Waals surface area contributed by atoms with Crippen molar-refractivity contribution in [3.05, 3.63) is 77.9 Å². The largest absolute Gasteiger partial charge is 0.491 e. The summed E-state index contributed by atoms with van der Waals surface area (Å²) in [5, 5.41) is 30.2. The van der Waals surface area contributed by atoms with Crippen LogP contribution in [0.4, 0.5) is 0 Å². The molecule has 170 valence electrons. The lowest BCUT2D eigenvalue weighted by Crippen LogP contribution is -2.22. The molecule has 3 N–H and O–H groups in total. The quantitative estimate of drug-likeness (QED) is 0.571. The predicted molar refractivity (Wildman–Crippen MR) is 120 cm³/mol. The van der Waals surface area contributed by atoms with Gasteiger partial charge in [-0.05, 0) is 48.6 Å². The van der Waals surface area contributed by atoms with Crippen LogP contribution in [0.3, 0.4) is 0 Å². The number of rotatable bonds is 7. The molecule has 6 nitrogen and oxygen atoms in total. The third-order valence-electron chi connectivity index (χ3n) is 6.57. The van der Waals surface area contributed by atoms with Crippen molar-refractivity contribution >= 4 is 5.97 Å². The first-order valence-electron chi connectivity index (χ1n) is 11.2. The Balaban J connectivity index is 1.36. The molecule has 2 fully saturated rings. The van der Waals surface area contributed by atoms with E-state index in [9.17, 15) is 20.1 Å². The Morgan fingerprint density at radius 3 is 2.75 bits per heavy atom. The number of carbonyl (C=O) groups is 1. The fourth-order valence-electron chi connectivity index (χ4n) is 4.86. The molecular weight excluding hydrogens is 408 g/mol. The van der Waals surface area contributed by atoms with Gasteiger partial charge in [0.1, 0.15) is 18.5 Å². The minimum Gasteiger partial charge on any atom is -0.491 e. The van der Waals surface area contributed by atoms with Crippen molar-refractivity contribution in [2.24, 2.45) is 11.8 Å². The Labute approximate surface area is 188 Å². The Morgan fingerprint density at radius 1 is 1.16 bits per heavy atom. The number of hydrogen-bond acceptors (Lipinski definition) is 5. The summed E-state index contributed by atoms with van der Waals surface area (Å²) in [6.07, 6.45) is 4.61. The van der Waals surface area contributed by atoms with Gasteiger partial charge in [-0.15, -0.1) is 0 Å². The van der Waals surface area contributed by atoms with Crippen molar-refractivity contribution in [3.8, 4) is 5.75 Å². The van der Waals surface area contributed by atoms with Gasteiger partial charge in [-0.2, -0.15) is 0 Å². The topological polar surface area (TPSA) is 96.2 Å². The first-order valence-corrected chi connectivity index (χ1v) is 11.2. The lowest BCUT2D eigenvalue weighted by atomic mass is 9.85. The van der Waals surface area contributed by atoms with Crippen molar-refractivity contribution in [2.75, 3.05) is 13.2 Å². The Morgan fingerprint density at radius 2 is 1.97 bits per heavy atom. The van der Waals surface area contributed by atoms with E-state index in [0.717, 1.165) is 18.4 Å². The average molecular weight is 439 g/mol. The highest BCUT2D eigenvalue weighted by Gasteiger charge is 2.43. The van der Waals surface area contributed by atoms with Gasteiger partial charge in [0.15, 0.2) is 0 Å². The zero-order valence-corrected chi connectivity index (χ0v) is 17.9. The molecule has 2 aromatic rings. The molecule has 1 saturated heterocycles. The fourth-order valence-corrected chi connectivity index (χ4v) is 4.86. The molecule has 1 heterocycles. The zero-order valence-electron chi connectivity index (χ0n) is 17.9. The SMILES string of the molecule is O=C(O)c1cccc([C@@H]2CC[C@@H]3[C@@H](/C=C/[C@@H](O)COc4ccccc4)[C@H](O)C[C@@H]3OC2)c1. The number of carboxylic acid groups (broad SMARTS) is 1. The normalized spacial score (nSPS) is 28.8. The highest BCUT2D eigenvalue weighted by molar-refractivity contribution is 5.87. The number of ether oxygens (including phenoxy) is 2. The van der Waals surface area contributed by atoms with Gasteiger partial charge < -0.3 is 24.8 Å². The van der Waals surface area contributed by atoms with Gasteiger partial charge in [-0.1, -0.05) is 42.5 Å². The van der Waals surface area contributed by atoms with E-state index < -0.39 is 18.2 Å². The Kier molecular flexibility index (Phi) is 7.25. The Bertz CT molecular complexity index is 927. The minimum absolute atomic E-state index is 0.0370. The maximum Gasteiger partial charge on any atom is 0.335 e. The summed E-state index contributed by atoms with van der Waals surface area (Å²) < 4.78 is 11.8. The number of para-hydroxylation sites is 1. The van der Waals surface area contributed by atoms with Crippen LogP contribution in [0.2, 0.25) is 0 Å². The zero-order chi connectivity index (χ0) is 22.5. The van der Waals surface area contributed by atoms with E-state index in [1.807, 2.05) is 42.5 Å². The van der Waals surface area contributed by atoms with Crippen LogP contribution in [0.15, 0.2) is 66.7 Å². The van der Waals surface area contributed by atoms with Crippen molar-refractivity contribution in [2.45, 2.75) is 43.5 Å². The number of hydrogen-bond donors (Lipinski definition) is 3. The fraction of sp³-hybridized carbons (Fsp3) is 0.423. The first kappa shape index (κ1) is 22.5. The van der Waals surface area contributed by atoms with Crippen LogP contribution in [0.25, 0.3) is 0 Å². The molecule has 0 unspecified atom stereocenters.